The first kappa shape index (κ1) is 28.8. The van der Waals surface area contributed by atoms with Gasteiger partial charge >= 0.3 is 0 Å². The largest absolute Gasteiger partial charge is 0.507 e. The monoisotopic (exact) mass is 592 g/mol. The number of nitrogens with one attached hydrogen (secondary N) is 2. The molecular formula is C35H32N2O7. The van der Waals surface area contributed by atoms with Gasteiger partial charge in [-0.2, -0.15) is 0 Å². The first-order valence-electron chi connectivity index (χ1n) is 14.2. The molecule has 0 saturated heterocycles. The molecule has 4 aromatic rings. The average molecular weight is 593 g/mol. The molecule has 224 valence electrons. The Bertz CT molecular complexity index is 1950. The van der Waals surface area contributed by atoms with Gasteiger partial charge in [-0.3, -0.25) is 14.4 Å². The molecule has 1 aliphatic carbocycles. The molecule has 2 heterocycles. The van der Waals surface area contributed by atoms with E-state index in [1.54, 1.807) is 21.0 Å². The van der Waals surface area contributed by atoms with E-state index in [4.69, 9.17) is 9.47 Å². The number of hydrogen-bond acceptors (Lipinski definition) is 8. The fourth-order valence-corrected chi connectivity index (χ4v) is 6.33. The molecule has 4 N–H and O–H groups in total. The summed E-state index contributed by atoms with van der Waals surface area (Å²) in [5.41, 5.74) is 1.71. The number of benzene rings is 3. The lowest BCUT2D eigenvalue weighted by molar-refractivity contribution is -0.123. The van der Waals surface area contributed by atoms with Crippen LogP contribution in [-0.2, 0) is 15.0 Å². The van der Waals surface area contributed by atoms with E-state index in [0.29, 0.717) is 12.2 Å². The van der Waals surface area contributed by atoms with E-state index in [-0.39, 0.29) is 45.4 Å². The standard InChI is InChI=1S/C35H32N2O7/c1-17-31(40)29(19(3)38)33-30(32(17)41)35(4)27(44-33)14-26(39)28(34(35)42)18(2)36-15-23(20-10-12-21(43-5)13-11-20)24-16-37-25-9-7-6-8-22(24)25/h6-14,16,23,36-37,40-41H,15H2,1-5H3. The van der Waals surface area contributed by atoms with Crippen LogP contribution in [0.1, 0.15) is 59.3 Å². The van der Waals surface area contributed by atoms with Crippen molar-refractivity contribution in [1.29, 1.82) is 0 Å². The van der Waals surface area contributed by atoms with Crippen molar-refractivity contribution in [3.63, 3.8) is 0 Å². The molecule has 1 aliphatic heterocycles. The van der Waals surface area contributed by atoms with Gasteiger partial charge in [-0.25, -0.2) is 0 Å². The highest BCUT2D eigenvalue weighted by atomic mass is 16.5. The maximum Gasteiger partial charge on any atom is 0.194 e. The summed E-state index contributed by atoms with van der Waals surface area (Å²) in [5.74, 6) is -1.97. The van der Waals surface area contributed by atoms with Crippen molar-refractivity contribution in [3.8, 4) is 23.0 Å². The van der Waals surface area contributed by atoms with Gasteiger partial charge in [0, 0.05) is 46.9 Å². The van der Waals surface area contributed by atoms with Crippen LogP contribution in [-0.4, -0.2) is 46.2 Å². The molecule has 9 nitrogen and oxygen atoms in total. The minimum Gasteiger partial charge on any atom is -0.507 e. The topological polar surface area (TPSA) is 138 Å². The second-order valence-corrected chi connectivity index (χ2v) is 11.4. The highest BCUT2D eigenvalue weighted by molar-refractivity contribution is 6.31. The highest BCUT2D eigenvalue weighted by Crippen LogP contribution is 2.57. The number of hydrogen-bond donors (Lipinski definition) is 4. The van der Waals surface area contributed by atoms with Crippen LogP contribution in [0.5, 0.6) is 23.0 Å². The smallest absolute Gasteiger partial charge is 0.194 e. The van der Waals surface area contributed by atoms with E-state index in [9.17, 15) is 24.6 Å². The molecule has 1 aromatic heterocycles. The van der Waals surface area contributed by atoms with Crippen molar-refractivity contribution in [1.82, 2.24) is 10.3 Å². The number of carbonyl (C=O) groups is 3. The maximum absolute atomic E-state index is 14.2. The summed E-state index contributed by atoms with van der Waals surface area (Å²) in [5, 5.41) is 26.1. The van der Waals surface area contributed by atoms with Gasteiger partial charge in [-0.05, 0) is 57.0 Å². The van der Waals surface area contributed by atoms with Crippen molar-refractivity contribution in [3.05, 3.63) is 106 Å². The molecule has 0 spiro atoms. The van der Waals surface area contributed by atoms with Crippen molar-refractivity contribution < 1.29 is 34.1 Å². The molecule has 0 saturated carbocycles. The van der Waals surface area contributed by atoms with Gasteiger partial charge in [0.2, 0.25) is 0 Å². The van der Waals surface area contributed by atoms with Gasteiger partial charge < -0.3 is 30.0 Å². The van der Waals surface area contributed by atoms with Crippen molar-refractivity contribution in [2.24, 2.45) is 0 Å². The van der Waals surface area contributed by atoms with Crippen molar-refractivity contribution in [2.75, 3.05) is 13.7 Å². The van der Waals surface area contributed by atoms with E-state index in [1.807, 2.05) is 54.7 Å². The van der Waals surface area contributed by atoms with E-state index in [1.165, 1.54) is 19.9 Å². The van der Waals surface area contributed by atoms with Crippen LogP contribution in [0, 0.1) is 6.92 Å². The quantitative estimate of drug-likeness (QED) is 0.126. The fourth-order valence-electron chi connectivity index (χ4n) is 6.33. The Kier molecular flexibility index (Phi) is 6.84. The zero-order chi connectivity index (χ0) is 31.5. The van der Waals surface area contributed by atoms with E-state index in [0.717, 1.165) is 27.8 Å². The molecule has 0 radical (unpaired) electrons. The lowest BCUT2D eigenvalue weighted by Crippen LogP contribution is -2.41. The fraction of sp³-hybridized carbons (Fsp3) is 0.229. The molecule has 2 atom stereocenters. The lowest BCUT2D eigenvalue weighted by Gasteiger charge is -2.29. The summed E-state index contributed by atoms with van der Waals surface area (Å²) in [7, 11) is 1.61. The summed E-state index contributed by atoms with van der Waals surface area (Å²) < 4.78 is 11.2. The highest BCUT2D eigenvalue weighted by Gasteiger charge is 2.56. The number of phenols is 2. The number of H-pyrrole nitrogens is 1. The Morgan fingerprint density at radius 3 is 2.45 bits per heavy atom. The summed E-state index contributed by atoms with van der Waals surface area (Å²) >= 11 is 0. The zero-order valence-corrected chi connectivity index (χ0v) is 25.0. The number of aromatic nitrogens is 1. The van der Waals surface area contributed by atoms with Crippen LogP contribution in [0.3, 0.4) is 0 Å². The molecule has 9 heteroatoms. The van der Waals surface area contributed by atoms with Crippen molar-refractivity contribution >= 4 is 28.3 Å². The number of para-hydroxylation sites is 1. The van der Waals surface area contributed by atoms with Crippen LogP contribution >= 0.6 is 0 Å². The Hall–Kier alpha value is -5.31. The number of fused-ring (bicyclic) bond motifs is 4. The van der Waals surface area contributed by atoms with E-state index < -0.39 is 28.5 Å². The van der Waals surface area contributed by atoms with Crippen LogP contribution in [0.4, 0.5) is 0 Å². The minimum absolute atomic E-state index is 0.00301. The van der Waals surface area contributed by atoms with Crippen LogP contribution in [0.25, 0.3) is 10.9 Å². The van der Waals surface area contributed by atoms with Gasteiger partial charge in [-0.1, -0.05) is 30.3 Å². The number of ketones is 3. The third-order valence-electron chi connectivity index (χ3n) is 8.85. The molecule has 2 unspecified atom stereocenters. The molecule has 44 heavy (non-hydrogen) atoms. The Balaban J connectivity index is 1.41. The molecule has 0 bridgehead atoms. The SMILES string of the molecule is COc1ccc(C(CNC(C)=C2C(=O)C=C3Oc4c(C(C)=O)c(O)c(C)c(O)c4C3(C)C2=O)c2c[nH]c3ccccc23)cc1. The lowest BCUT2D eigenvalue weighted by atomic mass is 9.70. The van der Waals surface area contributed by atoms with Crippen molar-refractivity contribution in [2.45, 2.75) is 39.0 Å². The number of methoxy groups -OCH3 is 1. The number of rotatable bonds is 7. The summed E-state index contributed by atoms with van der Waals surface area (Å²) in [6, 6.07) is 15.8. The van der Waals surface area contributed by atoms with Crippen LogP contribution in [0.2, 0.25) is 0 Å². The van der Waals surface area contributed by atoms with Gasteiger partial charge in [0.25, 0.3) is 0 Å². The Morgan fingerprint density at radius 2 is 1.77 bits per heavy atom. The second kappa shape index (κ2) is 10.4. The molecule has 3 aromatic carbocycles. The number of carbonyl (C=O) groups excluding carboxylic acids is 3. The number of ether oxygens (including phenoxy) is 2. The van der Waals surface area contributed by atoms with E-state index in [2.05, 4.69) is 10.3 Å². The van der Waals surface area contributed by atoms with Gasteiger partial charge in [0.1, 0.15) is 39.7 Å². The Labute approximate surface area is 253 Å². The minimum atomic E-state index is -1.58. The van der Waals surface area contributed by atoms with E-state index >= 15 is 0 Å². The molecule has 0 amide bonds. The normalized spacial score (nSPS) is 19.2. The predicted molar refractivity (Wildman–Crippen MR) is 164 cm³/mol. The number of phenolic OH excluding ortho intramolecular Hbond substituents is 2. The summed E-state index contributed by atoms with van der Waals surface area (Å²) in [6.45, 7) is 6.30. The molecule has 6 rings (SSSR count). The van der Waals surface area contributed by atoms with Gasteiger partial charge in [0.15, 0.2) is 17.3 Å². The average Bonchev–Trinajstić information content (AvgIpc) is 3.56. The van der Waals surface area contributed by atoms with Crippen LogP contribution < -0.4 is 14.8 Å². The van der Waals surface area contributed by atoms with Gasteiger partial charge in [-0.15, -0.1) is 0 Å². The predicted octanol–water partition coefficient (Wildman–Crippen LogP) is 5.48. The van der Waals surface area contributed by atoms with Crippen LogP contribution in [0.15, 0.2) is 77.8 Å². The molecule has 0 fully saturated rings. The Morgan fingerprint density at radius 1 is 1.07 bits per heavy atom. The molecule has 2 aliphatic rings. The van der Waals surface area contributed by atoms with Gasteiger partial charge in [0.05, 0.1) is 18.2 Å². The molecular weight excluding hydrogens is 560 g/mol. The summed E-state index contributed by atoms with van der Waals surface area (Å²) in [6.07, 6.45) is 3.19. The number of aromatic hydroxyl groups is 2. The third kappa shape index (κ3) is 4.18. The second-order valence-electron chi connectivity index (χ2n) is 11.4. The first-order chi connectivity index (χ1) is 21.0. The number of Topliss-reactive ketones (excluding diaryl/α,β-unsaturated/α-hetero) is 2. The number of aromatic amines is 1. The number of allylic oxidation sites excluding steroid dienone is 4. The first-order valence-corrected chi connectivity index (χ1v) is 14.2. The zero-order valence-electron chi connectivity index (χ0n) is 25.0. The maximum atomic E-state index is 14.2. The third-order valence-corrected chi connectivity index (χ3v) is 8.85. The summed E-state index contributed by atoms with van der Waals surface area (Å²) in [4.78, 5) is 43.5.